The molecule has 24 heavy (non-hydrogen) atoms. The minimum absolute atomic E-state index is 0. The van der Waals surface area contributed by atoms with E-state index in [0.29, 0.717) is 19.1 Å². The van der Waals surface area contributed by atoms with Crippen molar-refractivity contribution in [1.29, 1.82) is 0 Å². The summed E-state index contributed by atoms with van der Waals surface area (Å²) in [6, 6.07) is 9.49. The Bertz CT molecular complexity index is 549. The summed E-state index contributed by atoms with van der Waals surface area (Å²) in [6.45, 7) is 2.33. The number of hydrogen-bond acceptors (Lipinski definition) is 4. The van der Waals surface area contributed by atoms with Crippen LogP contribution in [0.25, 0.3) is 0 Å². The summed E-state index contributed by atoms with van der Waals surface area (Å²) in [5, 5.41) is 6.30. The van der Waals surface area contributed by atoms with Crippen molar-refractivity contribution in [3.8, 4) is 0 Å². The van der Waals surface area contributed by atoms with Crippen LogP contribution < -0.4 is 10.6 Å². The summed E-state index contributed by atoms with van der Waals surface area (Å²) in [5.74, 6) is -0.276. The Morgan fingerprint density at radius 3 is 2.83 bits per heavy atom. The zero-order valence-corrected chi connectivity index (χ0v) is 14.4. The molecule has 0 spiro atoms. The van der Waals surface area contributed by atoms with Crippen molar-refractivity contribution in [3.63, 3.8) is 0 Å². The molecule has 2 N–H and O–H groups in total. The number of benzene rings is 1. The van der Waals surface area contributed by atoms with Crippen LogP contribution in [0.5, 0.6) is 0 Å². The average Bonchev–Trinajstić information content (AvgIpc) is 3.09. The Morgan fingerprint density at radius 1 is 1.33 bits per heavy atom. The summed E-state index contributed by atoms with van der Waals surface area (Å²) < 4.78 is 5.29. The van der Waals surface area contributed by atoms with E-state index < -0.39 is 6.04 Å². The lowest BCUT2D eigenvalue weighted by Crippen LogP contribution is -2.56. The molecule has 2 amide bonds. The Labute approximate surface area is 148 Å². The van der Waals surface area contributed by atoms with Crippen LogP contribution in [0.15, 0.2) is 30.3 Å². The van der Waals surface area contributed by atoms with Gasteiger partial charge >= 0.3 is 0 Å². The minimum Gasteiger partial charge on any atom is -0.369 e. The predicted octanol–water partition coefficient (Wildman–Crippen LogP) is 0.704. The number of hydrogen-bond donors (Lipinski definition) is 2. The number of carbonyl (C=O) groups is 2. The Kier molecular flexibility index (Phi) is 7.02. The van der Waals surface area contributed by atoms with Gasteiger partial charge in [0.15, 0.2) is 0 Å². The fraction of sp³-hybridized carbons (Fsp3) is 0.529. The van der Waals surface area contributed by atoms with E-state index in [2.05, 4.69) is 10.6 Å². The molecule has 0 bridgehead atoms. The van der Waals surface area contributed by atoms with Gasteiger partial charge in [-0.25, -0.2) is 0 Å². The first-order valence-electron chi connectivity index (χ1n) is 8.16. The highest BCUT2D eigenvalue weighted by atomic mass is 35.5. The van der Waals surface area contributed by atoms with Gasteiger partial charge in [0.2, 0.25) is 11.8 Å². The van der Waals surface area contributed by atoms with Crippen LogP contribution in [0.1, 0.15) is 18.4 Å². The lowest BCUT2D eigenvalue weighted by Gasteiger charge is -2.34. The lowest BCUT2D eigenvalue weighted by molar-refractivity contribution is -0.155. The normalized spacial score (nSPS) is 23.7. The fourth-order valence-electron chi connectivity index (χ4n) is 3.07. The molecule has 132 valence electrons. The van der Waals surface area contributed by atoms with Gasteiger partial charge in [0.25, 0.3) is 0 Å². The standard InChI is InChI=1S/C17H23N3O3.ClH/c21-16-12-23-11-15(17(22)19-9-14-7-4-8-18-14)20(16)10-13-5-2-1-3-6-13;/h1-3,5-6,14-15,18H,4,7-12H2,(H,19,22);1H/t14?,15-;/m1./s1. The molecule has 1 unspecified atom stereocenters. The van der Waals surface area contributed by atoms with Gasteiger partial charge in [0.05, 0.1) is 6.61 Å². The van der Waals surface area contributed by atoms with Gasteiger partial charge in [0, 0.05) is 19.1 Å². The number of carbonyl (C=O) groups excluding carboxylic acids is 2. The van der Waals surface area contributed by atoms with Crippen LogP contribution in [0.4, 0.5) is 0 Å². The summed E-state index contributed by atoms with van der Waals surface area (Å²) in [5.41, 5.74) is 1.01. The highest BCUT2D eigenvalue weighted by Crippen LogP contribution is 2.14. The second-order valence-corrected chi connectivity index (χ2v) is 6.08. The molecule has 2 atom stereocenters. The molecule has 0 aliphatic carbocycles. The number of nitrogens with zero attached hydrogens (tertiary/aromatic N) is 1. The molecular formula is C17H24ClN3O3. The smallest absolute Gasteiger partial charge is 0.249 e. The van der Waals surface area contributed by atoms with Crippen LogP contribution in [0, 0.1) is 0 Å². The number of morpholine rings is 1. The molecule has 6 nitrogen and oxygen atoms in total. The van der Waals surface area contributed by atoms with Crippen LogP contribution in [0.2, 0.25) is 0 Å². The molecule has 7 heteroatoms. The molecule has 2 aliphatic heterocycles. The molecule has 2 heterocycles. The van der Waals surface area contributed by atoms with Gasteiger partial charge in [-0.3, -0.25) is 9.59 Å². The molecule has 3 rings (SSSR count). The molecule has 1 aromatic carbocycles. The number of halogens is 1. The third kappa shape index (κ3) is 4.69. The van der Waals surface area contributed by atoms with Crippen molar-refractivity contribution in [3.05, 3.63) is 35.9 Å². The minimum atomic E-state index is -0.558. The second-order valence-electron chi connectivity index (χ2n) is 6.08. The predicted molar refractivity (Wildman–Crippen MR) is 92.9 cm³/mol. The first-order valence-corrected chi connectivity index (χ1v) is 8.16. The zero-order valence-electron chi connectivity index (χ0n) is 13.6. The van der Waals surface area contributed by atoms with Gasteiger partial charge < -0.3 is 20.3 Å². The van der Waals surface area contributed by atoms with E-state index in [1.54, 1.807) is 4.90 Å². The van der Waals surface area contributed by atoms with E-state index in [9.17, 15) is 9.59 Å². The molecule has 2 fully saturated rings. The average molecular weight is 354 g/mol. The number of amides is 2. The lowest BCUT2D eigenvalue weighted by atomic mass is 10.1. The largest absolute Gasteiger partial charge is 0.369 e. The molecule has 0 saturated carbocycles. The van der Waals surface area contributed by atoms with Gasteiger partial charge in [-0.1, -0.05) is 30.3 Å². The van der Waals surface area contributed by atoms with Gasteiger partial charge in [-0.05, 0) is 24.9 Å². The van der Waals surface area contributed by atoms with Crippen LogP contribution in [0.3, 0.4) is 0 Å². The maximum absolute atomic E-state index is 12.5. The Morgan fingerprint density at radius 2 is 2.12 bits per heavy atom. The van der Waals surface area contributed by atoms with Crippen molar-refractivity contribution in [2.45, 2.75) is 31.5 Å². The number of rotatable bonds is 5. The maximum Gasteiger partial charge on any atom is 0.249 e. The third-order valence-corrected chi connectivity index (χ3v) is 4.38. The van der Waals surface area contributed by atoms with E-state index in [4.69, 9.17) is 4.74 Å². The molecule has 2 saturated heterocycles. The van der Waals surface area contributed by atoms with Crippen molar-refractivity contribution < 1.29 is 14.3 Å². The first-order chi connectivity index (χ1) is 11.2. The maximum atomic E-state index is 12.5. The fourth-order valence-corrected chi connectivity index (χ4v) is 3.07. The van der Waals surface area contributed by atoms with Gasteiger partial charge in [-0.15, -0.1) is 12.4 Å². The highest BCUT2D eigenvalue weighted by molar-refractivity contribution is 5.89. The number of nitrogens with one attached hydrogen (secondary N) is 2. The van der Waals surface area contributed by atoms with Crippen molar-refractivity contribution in [2.75, 3.05) is 26.3 Å². The highest BCUT2D eigenvalue weighted by Gasteiger charge is 2.34. The summed E-state index contributed by atoms with van der Waals surface area (Å²) in [6.07, 6.45) is 2.22. The molecule has 2 aliphatic rings. The van der Waals surface area contributed by atoms with E-state index >= 15 is 0 Å². The molecule has 1 aromatic rings. The third-order valence-electron chi connectivity index (χ3n) is 4.38. The molecule has 0 radical (unpaired) electrons. The van der Waals surface area contributed by atoms with Gasteiger partial charge in [0.1, 0.15) is 12.6 Å². The second kappa shape index (κ2) is 9.01. The summed E-state index contributed by atoms with van der Waals surface area (Å²) in [4.78, 5) is 26.3. The topological polar surface area (TPSA) is 70.7 Å². The number of ether oxygens (including phenoxy) is 1. The SMILES string of the molecule is Cl.O=C(NCC1CCCN1)[C@H]1COCC(=O)N1Cc1ccccc1. The van der Waals surface area contributed by atoms with Crippen molar-refractivity contribution >= 4 is 24.2 Å². The Hall–Kier alpha value is -1.63. The zero-order chi connectivity index (χ0) is 16.1. The summed E-state index contributed by atoms with van der Waals surface area (Å²) in [7, 11) is 0. The van der Waals surface area contributed by atoms with Crippen molar-refractivity contribution in [1.82, 2.24) is 15.5 Å². The van der Waals surface area contributed by atoms with Crippen LogP contribution >= 0.6 is 12.4 Å². The van der Waals surface area contributed by atoms with Gasteiger partial charge in [-0.2, -0.15) is 0 Å². The molecular weight excluding hydrogens is 330 g/mol. The monoisotopic (exact) mass is 353 g/mol. The van der Waals surface area contributed by atoms with Crippen molar-refractivity contribution in [2.24, 2.45) is 0 Å². The van der Waals surface area contributed by atoms with E-state index in [1.807, 2.05) is 30.3 Å². The quantitative estimate of drug-likeness (QED) is 0.817. The van der Waals surface area contributed by atoms with Crippen LogP contribution in [-0.4, -0.2) is 55.1 Å². The molecule has 0 aromatic heterocycles. The first kappa shape index (κ1) is 18.7. The van der Waals surface area contributed by atoms with E-state index in [0.717, 1.165) is 24.9 Å². The van der Waals surface area contributed by atoms with E-state index in [1.165, 1.54) is 0 Å². The van der Waals surface area contributed by atoms with E-state index in [-0.39, 0.29) is 37.4 Å². The Balaban J connectivity index is 0.00000208. The summed E-state index contributed by atoms with van der Waals surface area (Å²) >= 11 is 0. The van der Waals surface area contributed by atoms with Crippen LogP contribution in [-0.2, 0) is 20.9 Å².